The van der Waals surface area contributed by atoms with Crippen molar-refractivity contribution >= 4 is 92.3 Å². The van der Waals surface area contributed by atoms with Crippen LogP contribution in [0.25, 0.3) is 0 Å². The van der Waals surface area contributed by atoms with Crippen molar-refractivity contribution in [3.8, 4) is 0 Å². The van der Waals surface area contributed by atoms with Crippen molar-refractivity contribution in [2.75, 3.05) is 0 Å². The van der Waals surface area contributed by atoms with E-state index in [1.54, 1.807) is 0 Å². The fourth-order valence-electron chi connectivity index (χ4n) is 2.18. The quantitative estimate of drug-likeness (QED) is 0.274. The predicted molar refractivity (Wildman–Crippen MR) is 132 cm³/mol. The van der Waals surface area contributed by atoms with E-state index < -0.39 is 20.2 Å². The van der Waals surface area contributed by atoms with Gasteiger partial charge in [-0.1, -0.05) is 0 Å². The molecule has 0 aliphatic rings. The summed E-state index contributed by atoms with van der Waals surface area (Å²) in [6, 6.07) is 32.7. The van der Waals surface area contributed by atoms with Crippen LogP contribution in [-0.4, -0.2) is 20.2 Å². The number of rotatable bonds is 3. The van der Waals surface area contributed by atoms with E-state index in [2.05, 4.69) is 150 Å². The number of hydrogen-bond donors (Lipinski definition) is 0. The molecule has 0 amide bonds. The van der Waals surface area contributed by atoms with Crippen molar-refractivity contribution in [3.63, 3.8) is 0 Å². The van der Waals surface area contributed by atoms with E-state index in [-0.39, 0.29) is 0 Å². The Morgan fingerprint density at radius 3 is 0.913 bits per heavy atom. The summed E-state index contributed by atoms with van der Waals surface area (Å²) in [5, 5.41) is 0. The van der Waals surface area contributed by atoms with Gasteiger partial charge in [0.15, 0.2) is 0 Å². The normalized spacial score (nSPS) is 9.91. The van der Waals surface area contributed by atoms with E-state index in [0.717, 1.165) is 0 Å². The topological polar surface area (TPSA) is 0 Å². The molecule has 3 aromatic rings. The zero-order valence-electron chi connectivity index (χ0n) is 12.3. The van der Waals surface area contributed by atoms with Gasteiger partial charge in [-0.15, -0.1) is 0 Å². The second-order valence-corrected chi connectivity index (χ2v) is 66.9. The molecule has 0 N–H and O–H groups in total. The number of halogens is 3. The van der Waals surface area contributed by atoms with E-state index in [4.69, 9.17) is 0 Å². The van der Waals surface area contributed by atoms with Gasteiger partial charge in [-0.3, -0.25) is 0 Å². The van der Waals surface area contributed by atoms with Crippen LogP contribution in [0.15, 0.2) is 91.0 Å². The van der Waals surface area contributed by atoms with E-state index in [0.29, 0.717) is 0 Å². The Balaban J connectivity index is 0.000000433. The summed E-state index contributed by atoms with van der Waals surface area (Å²) in [7, 11) is 0. The van der Waals surface area contributed by atoms with Crippen LogP contribution in [0.2, 0.25) is 0 Å². The molecule has 23 heavy (non-hydrogen) atoms. The third-order valence-electron chi connectivity index (χ3n) is 3.04. The molecule has 3 aromatic carbocycles. The van der Waals surface area contributed by atoms with Crippen LogP contribution in [0.3, 0.4) is 0 Å². The van der Waals surface area contributed by atoms with Gasteiger partial charge in [-0.2, -0.15) is 0 Å². The van der Waals surface area contributed by atoms with Crippen LogP contribution in [0.5, 0.6) is 0 Å². The summed E-state index contributed by atoms with van der Waals surface area (Å²) in [6.07, 6.45) is 0. The maximum atomic E-state index is 2.50. The number of benzene rings is 3. The summed E-state index contributed by atoms with van der Waals surface area (Å²) in [4.78, 5) is 0. The van der Waals surface area contributed by atoms with Crippen LogP contribution in [0, 0.1) is 0 Å². The molecule has 116 valence electrons. The minimum absolute atomic E-state index is 0.569. The molecule has 0 atom stereocenters. The molecule has 0 aliphatic carbocycles. The molecular weight excluding hydrogens is 742 g/mol. The zero-order valence-corrected chi connectivity index (χ0v) is 23.1. The van der Waals surface area contributed by atoms with Crippen LogP contribution in [-0.2, 0) is 0 Å². The first-order valence-electron chi connectivity index (χ1n) is 7.06. The van der Waals surface area contributed by atoms with Gasteiger partial charge in [0.1, 0.15) is 0 Å². The van der Waals surface area contributed by atoms with Crippen LogP contribution >= 0.6 is 59.0 Å². The second kappa shape index (κ2) is 11.6. The molecular formula is C18H15AsGaI3. The molecule has 3 rings (SSSR count). The molecule has 0 unspecified atom stereocenters. The van der Waals surface area contributed by atoms with E-state index >= 15 is 0 Å². The molecule has 0 heterocycles. The first-order valence-corrected chi connectivity index (χ1v) is 32.0. The Labute approximate surface area is 180 Å². The van der Waals surface area contributed by atoms with Gasteiger partial charge >= 0.3 is 183 Å². The summed E-state index contributed by atoms with van der Waals surface area (Å²) in [5.74, 6) is 0. The first kappa shape index (κ1) is 20.4. The van der Waals surface area contributed by atoms with Gasteiger partial charge in [0.2, 0.25) is 0 Å². The zero-order chi connectivity index (χ0) is 16.5. The fraction of sp³-hybridized carbons (Fsp3) is 0. The van der Waals surface area contributed by atoms with E-state index in [9.17, 15) is 0 Å². The Bertz CT molecular complexity index is 582. The molecule has 0 radical (unpaired) electrons. The molecule has 0 fully saturated rings. The molecule has 0 bridgehead atoms. The van der Waals surface area contributed by atoms with Crippen LogP contribution in [0.4, 0.5) is 0 Å². The van der Waals surface area contributed by atoms with Crippen molar-refractivity contribution in [1.82, 2.24) is 0 Å². The Hall–Kier alpha value is 1.04. The molecule has 0 spiro atoms. The van der Waals surface area contributed by atoms with Crippen molar-refractivity contribution in [2.24, 2.45) is 0 Å². The third-order valence-corrected chi connectivity index (χ3v) is 8.17. The fourth-order valence-corrected chi connectivity index (χ4v) is 7.02. The number of hydrogen-bond acceptors (Lipinski definition) is 0. The van der Waals surface area contributed by atoms with Crippen molar-refractivity contribution in [1.29, 1.82) is 0 Å². The van der Waals surface area contributed by atoms with Crippen molar-refractivity contribution in [2.45, 2.75) is 0 Å². The third kappa shape index (κ3) is 7.44. The molecule has 0 saturated heterocycles. The predicted octanol–water partition coefficient (Wildman–Crippen LogP) is 4.48. The Kier molecular flexibility index (Phi) is 10.3. The maximum absolute atomic E-state index is 2.50. The van der Waals surface area contributed by atoms with E-state index in [1.165, 1.54) is 13.1 Å². The van der Waals surface area contributed by atoms with E-state index in [1.807, 2.05) is 0 Å². The van der Waals surface area contributed by atoms with Gasteiger partial charge in [0, 0.05) is 0 Å². The minimum atomic E-state index is -1.39. The van der Waals surface area contributed by atoms with Crippen LogP contribution in [0.1, 0.15) is 0 Å². The second-order valence-electron chi connectivity index (χ2n) is 4.59. The van der Waals surface area contributed by atoms with Gasteiger partial charge in [0.25, 0.3) is 0 Å². The van der Waals surface area contributed by atoms with Crippen molar-refractivity contribution in [3.05, 3.63) is 91.0 Å². The van der Waals surface area contributed by atoms with Crippen LogP contribution < -0.4 is 13.1 Å². The monoisotopic (exact) mass is 756 g/mol. The molecule has 0 nitrogen and oxygen atoms in total. The Morgan fingerprint density at radius 1 is 0.478 bits per heavy atom. The first-order chi connectivity index (χ1) is 11.2. The van der Waals surface area contributed by atoms with Gasteiger partial charge in [-0.25, -0.2) is 0 Å². The summed E-state index contributed by atoms with van der Waals surface area (Å²) >= 11 is 6.12. The van der Waals surface area contributed by atoms with Gasteiger partial charge in [-0.05, 0) is 0 Å². The van der Waals surface area contributed by atoms with Gasteiger partial charge < -0.3 is 0 Å². The molecule has 0 aromatic heterocycles. The summed E-state index contributed by atoms with van der Waals surface area (Å²) in [5.41, 5.74) is -0.569. The summed E-state index contributed by atoms with van der Waals surface area (Å²) < 4.78 is 4.44. The molecule has 0 aliphatic heterocycles. The standard InChI is InChI=1S/C18H15As.Ga.3HI/c1-4-10-16(11-5-1)19(17-12-6-2-7-13-17)18-14-8-3-9-15-18;;;;/h1-15H;;3*1H/q;+3;;;/p-3. The summed E-state index contributed by atoms with van der Waals surface area (Å²) in [6.45, 7) is 0. The SMILES string of the molecule is [I][Ga]([I])[I].c1ccc([As](c2ccccc2)c2ccccc2)cc1. The van der Waals surface area contributed by atoms with Crippen molar-refractivity contribution < 1.29 is 0 Å². The molecule has 0 saturated carbocycles. The average molecular weight is 757 g/mol. The van der Waals surface area contributed by atoms with Gasteiger partial charge in [0.05, 0.1) is 0 Å². The average Bonchev–Trinajstić information content (AvgIpc) is 2.58. The molecule has 5 heteroatoms. The Morgan fingerprint density at radius 2 is 0.696 bits per heavy atom.